The molecule has 2 heterocycles. The molecule has 0 aliphatic rings. The van der Waals surface area contributed by atoms with Crippen LogP contribution in [0.15, 0.2) is 152 Å². The zero-order valence-corrected chi connectivity index (χ0v) is 26.7. The first kappa shape index (κ1) is 28.8. The second-order valence-electron chi connectivity index (χ2n) is 12.3. The van der Waals surface area contributed by atoms with Gasteiger partial charge in [-0.05, 0) is 89.5 Å². The van der Waals surface area contributed by atoms with E-state index in [1.807, 2.05) is 48.5 Å². The third kappa shape index (κ3) is 4.38. The average Bonchev–Trinajstić information content (AvgIpc) is 3.70. The second kappa shape index (κ2) is 11.4. The number of nitriles is 3. The Hall–Kier alpha value is -7.39. The number of benzene rings is 7. The van der Waals surface area contributed by atoms with Crippen molar-refractivity contribution < 1.29 is 0 Å². The van der Waals surface area contributed by atoms with Crippen LogP contribution < -0.4 is 0 Å². The lowest BCUT2D eigenvalue weighted by molar-refractivity contribution is 1.17. The fourth-order valence-electron chi connectivity index (χ4n) is 7.38. The van der Waals surface area contributed by atoms with Crippen molar-refractivity contribution in [2.24, 2.45) is 0 Å². The van der Waals surface area contributed by atoms with Gasteiger partial charge in [-0.15, -0.1) is 0 Å². The van der Waals surface area contributed by atoms with Gasteiger partial charge in [0.25, 0.3) is 0 Å². The number of rotatable bonds is 4. The number of aromatic nitrogens is 2. The summed E-state index contributed by atoms with van der Waals surface area (Å²) < 4.78 is 4.40. The molecular formula is C45H25N5. The Bertz CT molecular complexity index is 2900. The number of nitrogens with zero attached hydrogens (tertiary/aromatic N) is 5. The van der Waals surface area contributed by atoms with E-state index in [-0.39, 0.29) is 0 Å². The molecule has 0 amide bonds. The maximum Gasteiger partial charge on any atom is 0.101 e. The molecule has 2 aromatic heterocycles. The van der Waals surface area contributed by atoms with Crippen LogP contribution in [-0.4, -0.2) is 9.13 Å². The highest BCUT2D eigenvalue weighted by Gasteiger charge is 2.18. The van der Waals surface area contributed by atoms with E-state index in [0.717, 1.165) is 66.5 Å². The van der Waals surface area contributed by atoms with Gasteiger partial charge < -0.3 is 9.13 Å². The first-order valence-corrected chi connectivity index (χ1v) is 16.3. The molecule has 0 fully saturated rings. The number of fused-ring (bicyclic) bond motifs is 6. The lowest BCUT2D eigenvalue weighted by Gasteiger charge is -2.15. The number of hydrogen-bond acceptors (Lipinski definition) is 3. The largest absolute Gasteiger partial charge is 0.309 e. The Morgan fingerprint density at radius 2 is 1.02 bits per heavy atom. The standard InChI is InChI=1S/C45H25N5/c46-26-29-15-21-43(50-41-13-3-1-10-36(41)37-11-2-4-14-42(37)50)39(23-29)33-8-5-7-32(25-33)31-17-19-35(20-18-31)49-44-22-16-30(27-47)24-40(44)38-12-6-9-34(28-48)45(38)49/h1-25H. The summed E-state index contributed by atoms with van der Waals surface area (Å²) in [6, 6.07) is 57.9. The molecule has 9 rings (SSSR count). The van der Waals surface area contributed by atoms with Gasteiger partial charge in [-0.1, -0.05) is 78.9 Å². The third-order valence-electron chi connectivity index (χ3n) is 9.62. The van der Waals surface area contributed by atoms with Gasteiger partial charge in [0, 0.05) is 32.8 Å². The molecule has 5 heteroatoms. The highest BCUT2D eigenvalue weighted by Crippen LogP contribution is 2.39. The molecule has 0 radical (unpaired) electrons. The molecule has 0 unspecified atom stereocenters. The fourth-order valence-corrected chi connectivity index (χ4v) is 7.38. The van der Waals surface area contributed by atoms with E-state index in [2.05, 4.69) is 130 Å². The van der Waals surface area contributed by atoms with E-state index in [1.165, 1.54) is 10.8 Å². The van der Waals surface area contributed by atoms with E-state index in [9.17, 15) is 15.8 Å². The van der Waals surface area contributed by atoms with Crippen LogP contribution in [-0.2, 0) is 0 Å². The van der Waals surface area contributed by atoms with Crippen molar-refractivity contribution in [3.8, 4) is 51.8 Å². The fraction of sp³-hybridized carbons (Fsp3) is 0. The van der Waals surface area contributed by atoms with E-state index >= 15 is 0 Å². The van der Waals surface area contributed by atoms with Crippen molar-refractivity contribution in [1.29, 1.82) is 15.8 Å². The van der Waals surface area contributed by atoms with E-state index < -0.39 is 0 Å². The van der Waals surface area contributed by atoms with Gasteiger partial charge in [0.15, 0.2) is 0 Å². The molecule has 0 aliphatic heterocycles. The normalized spacial score (nSPS) is 11.1. The summed E-state index contributed by atoms with van der Waals surface area (Å²) in [5.74, 6) is 0. The minimum absolute atomic E-state index is 0.577. The highest BCUT2D eigenvalue weighted by molar-refractivity contribution is 6.12. The van der Waals surface area contributed by atoms with Crippen LogP contribution in [0.2, 0.25) is 0 Å². The van der Waals surface area contributed by atoms with Crippen LogP contribution in [0.1, 0.15) is 16.7 Å². The van der Waals surface area contributed by atoms with Crippen molar-refractivity contribution in [1.82, 2.24) is 9.13 Å². The Balaban J connectivity index is 1.18. The third-order valence-corrected chi connectivity index (χ3v) is 9.62. The van der Waals surface area contributed by atoms with Gasteiger partial charge in [-0.25, -0.2) is 0 Å². The topological polar surface area (TPSA) is 81.2 Å². The summed E-state index contributed by atoms with van der Waals surface area (Å²) in [5.41, 5.74) is 11.7. The van der Waals surface area contributed by atoms with Crippen molar-refractivity contribution >= 4 is 43.6 Å². The summed E-state index contributed by atoms with van der Waals surface area (Å²) in [6.45, 7) is 0. The maximum atomic E-state index is 10.0. The molecule has 0 saturated heterocycles. The molecule has 7 aromatic carbocycles. The Morgan fingerprint density at radius 1 is 0.400 bits per heavy atom. The monoisotopic (exact) mass is 635 g/mol. The predicted molar refractivity (Wildman–Crippen MR) is 200 cm³/mol. The zero-order chi connectivity index (χ0) is 33.8. The van der Waals surface area contributed by atoms with Gasteiger partial charge in [-0.3, -0.25) is 0 Å². The summed E-state index contributed by atoms with van der Waals surface area (Å²) in [7, 11) is 0. The Kier molecular flexibility index (Phi) is 6.56. The van der Waals surface area contributed by atoms with Crippen LogP contribution in [0.5, 0.6) is 0 Å². The van der Waals surface area contributed by atoms with Gasteiger partial charge in [-0.2, -0.15) is 15.8 Å². The average molecular weight is 636 g/mol. The molecule has 230 valence electrons. The molecule has 0 bridgehead atoms. The van der Waals surface area contributed by atoms with E-state index in [1.54, 1.807) is 0 Å². The molecule has 0 aliphatic carbocycles. The van der Waals surface area contributed by atoms with E-state index in [0.29, 0.717) is 16.7 Å². The summed E-state index contributed by atoms with van der Waals surface area (Å²) in [6.07, 6.45) is 0. The number of para-hydroxylation sites is 3. The Labute approximate surface area is 287 Å². The summed E-state index contributed by atoms with van der Waals surface area (Å²) in [5, 5.41) is 33.8. The summed E-state index contributed by atoms with van der Waals surface area (Å²) >= 11 is 0. The van der Waals surface area contributed by atoms with Crippen molar-refractivity contribution in [2.75, 3.05) is 0 Å². The summed E-state index contributed by atoms with van der Waals surface area (Å²) in [4.78, 5) is 0. The molecule has 0 N–H and O–H groups in total. The van der Waals surface area contributed by atoms with Crippen molar-refractivity contribution in [3.63, 3.8) is 0 Å². The van der Waals surface area contributed by atoms with Crippen molar-refractivity contribution in [3.05, 3.63) is 168 Å². The minimum Gasteiger partial charge on any atom is -0.309 e. The van der Waals surface area contributed by atoms with Crippen LogP contribution in [0, 0.1) is 34.0 Å². The van der Waals surface area contributed by atoms with Crippen LogP contribution >= 0.6 is 0 Å². The van der Waals surface area contributed by atoms with Gasteiger partial charge in [0.2, 0.25) is 0 Å². The van der Waals surface area contributed by atoms with Gasteiger partial charge in [0.05, 0.1) is 56.6 Å². The highest BCUT2D eigenvalue weighted by atomic mass is 15.0. The van der Waals surface area contributed by atoms with Gasteiger partial charge in [0.1, 0.15) is 6.07 Å². The zero-order valence-electron chi connectivity index (χ0n) is 26.7. The number of hydrogen-bond donors (Lipinski definition) is 0. The molecular weight excluding hydrogens is 611 g/mol. The van der Waals surface area contributed by atoms with Crippen LogP contribution in [0.25, 0.3) is 77.2 Å². The molecule has 9 aromatic rings. The molecule has 50 heavy (non-hydrogen) atoms. The lowest BCUT2D eigenvalue weighted by atomic mass is 9.96. The lowest BCUT2D eigenvalue weighted by Crippen LogP contribution is -1.98. The van der Waals surface area contributed by atoms with Crippen LogP contribution in [0.3, 0.4) is 0 Å². The SMILES string of the molecule is N#Cc1ccc(-n2c3ccccc3c3ccccc32)c(-c2cccc(-c3ccc(-n4c5ccc(C#N)cc5c5cccc(C#N)c54)cc3)c2)c1. The molecule has 0 atom stereocenters. The smallest absolute Gasteiger partial charge is 0.101 e. The van der Waals surface area contributed by atoms with E-state index in [4.69, 9.17) is 0 Å². The Morgan fingerprint density at radius 3 is 1.74 bits per heavy atom. The van der Waals surface area contributed by atoms with Crippen LogP contribution in [0.4, 0.5) is 0 Å². The molecule has 0 saturated carbocycles. The maximum absolute atomic E-state index is 10.0. The molecule has 0 spiro atoms. The first-order chi connectivity index (χ1) is 24.7. The first-order valence-electron chi connectivity index (χ1n) is 16.3. The predicted octanol–water partition coefficient (Wildman–Crippen LogP) is 10.8. The quantitative estimate of drug-likeness (QED) is 0.193. The second-order valence-corrected chi connectivity index (χ2v) is 12.3. The van der Waals surface area contributed by atoms with Crippen molar-refractivity contribution in [2.45, 2.75) is 0 Å². The minimum atomic E-state index is 0.577. The van der Waals surface area contributed by atoms with Gasteiger partial charge >= 0.3 is 0 Å². The molecule has 5 nitrogen and oxygen atoms in total.